The second kappa shape index (κ2) is 13.1. The van der Waals surface area contributed by atoms with E-state index in [1.165, 1.54) is 5.69 Å². The lowest BCUT2D eigenvalue weighted by atomic mass is 9.93. The minimum absolute atomic E-state index is 0.0720. The van der Waals surface area contributed by atoms with Gasteiger partial charge in [0, 0.05) is 56.6 Å². The van der Waals surface area contributed by atoms with Gasteiger partial charge in [-0.15, -0.1) is 0 Å². The molecule has 2 aliphatic heterocycles. The zero-order valence-electron chi connectivity index (χ0n) is 24.1. The second-order valence-corrected chi connectivity index (χ2v) is 12.3. The molecule has 42 heavy (non-hydrogen) atoms. The van der Waals surface area contributed by atoms with Crippen molar-refractivity contribution in [2.75, 3.05) is 51.2 Å². The van der Waals surface area contributed by atoms with Gasteiger partial charge in [0.15, 0.2) is 0 Å². The third-order valence-electron chi connectivity index (χ3n) is 8.46. The van der Waals surface area contributed by atoms with Gasteiger partial charge in [0.2, 0.25) is 0 Å². The Morgan fingerprint density at radius 1 is 1.00 bits per heavy atom. The van der Waals surface area contributed by atoms with Crippen molar-refractivity contribution < 1.29 is 9.53 Å². The monoisotopic (exact) mass is 604 g/mol. The fourth-order valence-corrected chi connectivity index (χ4v) is 6.22. The minimum Gasteiger partial charge on any atom is -0.489 e. The number of carbonyl (C=O) groups is 1. The van der Waals surface area contributed by atoms with Gasteiger partial charge in [-0.25, -0.2) is 0 Å². The Morgan fingerprint density at radius 2 is 1.79 bits per heavy atom. The smallest absolute Gasteiger partial charge is 0.251 e. The van der Waals surface area contributed by atoms with Gasteiger partial charge in [0.1, 0.15) is 12.4 Å². The Hall–Kier alpha value is -3.03. The fourth-order valence-electron chi connectivity index (χ4n) is 5.84. The van der Waals surface area contributed by atoms with E-state index < -0.39 is 0 Å². The van der Waals surface area contributed by atoms with Crippen LogP contribution >= 0.6 is 23.2 Å². The van der Waals surface area contributed by atoms with Gasteiger partial charge in [-0.05, 0) is 85.5 Å². The van der Waals surface area contributed by atoms with Crippen LogP contribution < -0.4 is 15.0 Å². The van der Waals surface area contributed by atoms with E-state index in [1.54, 1.807) is 6.07 Å². The van der Waals surface area contributed by atoms with Crippen molar-refractivity contribution >= 4 is 40.4 Å². The molecule has 0 spiro atoms. The Bertz CT molecular complexity index is 1460. The Labute approximate surface area is 258 Å². The van der Waals surface area contributed by atoms with Gasteiger partial charge < -0.3 is 24.8 Å². The lowest BCUT2D eigenvalue weighted by molar-refractivity contribution is -0.128. The summed E-state index contributed by atoms with van der Waals surface area (Å²) in [5, 5.41) is 4.45. The van der Waals surface area contributed by atoms with Crippen molar-refractivity contribution in [3.63, 3.8) is 0 Å². The molecule has 1 N–H and O–H groups in total. The van der Waals surface area contributed by atoms with Gasteiger partial charge in [0.25, 0.3) is 5.91 Å². The van der Waals surface area contributed by atoms with E-state index in [9.17, 15) is 4.79 Å². The van der Waals surface area contributed by atoms with Gasteiger partial charge in [-0.3, -0.25) is 4.79 Å². The molecule has 0 aromatic heterocycles. The molecule has 6 rings (SSSR count). The van der Waals surface area contributed by atoms with E-state index in [0.717, 1.165) is 85.6 Å². The number of rotatable bonds is 9. The molecular formula is C34H38Cl2N4O2. The highest BCUT2D eigenvalue weighted by molar-refractivity contribution is 6.42. The molecule has 220 valence electrons. The summed E-state index contributed by atoms with van der Waals surface area (Å²) in [7, 11) is 2.18. The molecule has 6 nitrogen and oxygen atoms in total. The van der Waals surface area contributed by atoms with Crippen LogP contribution in [0.5, 0.6) is 5.75 Å². The second-order valence-electron chi connectivity index (χ2n) is 11.5. The summed E-state index contributed by atoms with van der Waals surface area (Å²) in [6, 6.07) is 22.7. The third-order valence-corrected chi connectivity index (χ3v) is 9.32. The fraction of sp³-hybridized carbons (Fsp3) is 0.382. The number of benzene rings is 3. The first-order valence-electron chi connectivity index (χ1n) is 14.9. The van der Waals surface area contributed by atoms with Crippen LogP contribution in [0.4, 0.5) is 5.69 Å². The number of hydrogen-bond donors (Lipinski definition) is 1. The topological polar surface area (TPSA) is 48.1 Å². The zero-order chi connectivity index (χ0) is 29.1. The molecule has 2 fully saturated rings. The molecule has 0 bridgehead atoms. The lowest BCUT2D eigenvalue weighted by Crippen LogP contribution is -2.44. The first-order chi connectivity index (χ1) is 20.5. The van der Waals surface area contributed by atoms with Crippen molar-refractivity contribution in [3.05, 3.63) is 99.0 Å². The first kappa shape index (κ1) is 29.1. The Balaban J connectivity index is 1.19. The van der Waals surface area contributed by atoms with E-state index in [2.05, 4.69) is 58.6 Å². The number of halogens is 2. The van der Waals surface area contributed by atoms with Crippen LogP contribution in [0.15, 0.2) is 72.3 Å². The molecule has 0 atom stereocenters. The number of likely N-dealkylation sites (N-methyl/N-ethyl adjacent to an activating group) is 1. The SMILES string of the molecule is CN1CCN(c2cccc(COc3cccc(C4=C(C(=O)N(Cc5cccc(Cl)c5Cl)C5CC5)CNCC4)c3)c2)CC1. The molecule has 2 heterocycles. The van der Waals surface area contributed by atoms with Gasteiger partial charge in [-0.2, -0.15) is 0 Å². The normalized spacial score (nSPS) is 17.8. The maximum Gasteiger partial charge on any atom is 0.251 e. The Morgan fingerprint density at radius 3 is 2.60 bits per heavy atom. The first-order valence-corrected chi connectivity index (χ1v) is 15.6. The van der Waals surface area contributed by atoms with Gasteiger partial charge in [-0.1, -0.05) is 59.6 Å². The molecule has 3 aromatic rings. The van der Waals surface area contributed by atoms with Crippen LogP contribution in [0.3, 0.4) is 0 Å². The van der Waals surface area contributed by atoms with Crippen molar-refractivity contribution in [1.29, 1.82) is 0 Å². The highest BCUT2D eigenvalue weighted by Gasteiger charge is 2.35. The van der Waals surface area contributed by atoms with E-state index in [4.69, 9.17) is 27.9 Å². The van der Waals surface area contributed by atoms with Crippen LogP contribution in [0.25, 0.3) is 5.57 Å². The summed E-state index contributed by atoms with van der Waals surface area (Å²) in [6.07, 6.45) is 2.81. The molecule has 3 aliphatic rings. The molecule has 1 saturated heterocycles. The summed E-state index contributed by atoms with van der Waals surface area (Å²) < 4.78 is 6.29. The average molecular weight is 606 g/mol. The largest absolute Gasteiger partial charge is 0.489 e. The number of nitrogens with one attached hydrogen (secondary N) is 1. The maximum absolute atomic E-state index is 14.1. The summed E-state index contributed by atoms with van der Waals surface area (Å²) in [6.45, 7) is 6.57. The zero-order valence-corrected chi connectivity index (χ0v) is 25.6. The molecule has 1 saturated carbocycles. The molecule has 0 unspecified atom stereocenters. The predicted octanol–water partition coefficient (Wildman–Crippen LogP) is 6.26. The molecule has 8 heteroatoms. The number of ether oxygens (including phenoxy) is 1. The van der Waals surface area contributed by atoms with E-state index in [-0.39, 0.29) is 11.9 Å². The summed E-state index contributed by atoms with van der Waals surface area (Å²) in [5.74, 6) is 0.878. The standard InChI is InChI=1S/C34H38Cl2N4O2/c1-38-15-17-39(18-16-38)28-8-2-5-24(19-28)23-42-29-9-3-6-25(20-29)30-13-14-37-21-31(30)34(41)40(27-11-12-27)22-26-7-4-10-32(35)33(26)36/h2-10,19-20,27,37H,11-18,21-23H2,1H3. The van der Waals surface area contributed by atoms with E-state index >= 15 is 0 Å². The highest BCUT2D eigenvalue weighted by atomic mass is 35.5. The summed E-state index contributed by atoms with van der Waals surface area (Å²) in [5.41, 5.74) is 6.23. The number of piperazine rings is 1. The van der Waals surface area contributed by atoms with Crippen molar-refractivity contribution in [1.82, 2.24) is 15.1 Å². The molecule has 0 radical (unpaired) electrons. The highest BCUT2D eigenvalue weighted by Crippen LogP contribution is 2.35. The number of carbonyl (C=O) groups excluding carboxylic acids is 1. The van der Waals surface area contributed by atoms with Gasteiger partial charge >= 0.3 is 0 Å². The van der Waals surface area contributed by atoms with Crippen molar-refractivity contribution in [2.24, 2.45) is 0 Å². The van der Waals surface area contributed by atoms with Crippen LogP contribution in [0, 0.1) is 0 Å². The molecule has 3 aromatic carbocycles. The average Bonchev–Trinajstić information content (AvgIpc) is 3.87. The molecular weight excluding hydrogens is 567 g/mol. The molecule has 1 amide bonds. The van der Waals surface area contributed by atoms with E-state index in [1.807, 2.05) is 29.2 Å². The van der Waals surface area contributed by atoms with Crippen LogP contribution in [-0.4, -0.2) is 68.1 Å². The van der Waals surface area contributed by atoms with Crippen molar-refractivity contribution in [2.45, 2.75) is 38.5 Å². The maximum atomic E-state index is 14.1. The summed E-state index contributed by atoms with van der Waals surface area (Å²) >= 11 is 12.8. The third kappa shape index (κ3) is 6.78. The van der Waals surface area contributed by atoms with Crippen LogP contribution in [0.1, 0.15) is 36.0 Å². The number of nitrogens with zero attached hydrogens (tertiary/aromatic N) is 3. The quantitative estimate of drug-likeness (QED) is 0.312. The molecule has 1 aliphatic carbocycles. The van der Waals surface area contributed by atoms with Gasteiger partial charge in [0.05, 0.1) is 10.0 Å². The number of hydrogen-bond acceptors (Lipinski definition) is 5. The predicted molar refractivity (Wildman–Crippen MR) is 171 cm³/mol. The summed E-state index contributed by atoms with van der Waals surface area (Å²) in [4.78, 5) is 20.8. The van der Waals surface area contributed by atoms with Crippen LogP contribution in [0.2, 0.25) is 10.0 Å². The minimum atomic E-state index is 0.0720. The number of amides is 1. The van der Waals surface area contributed by atoms with E-state index in [0.29, 0.717) is 29.7 Å². The van der Waals surface area contributed by atoms with Crippen LogP contribution in [-0.2, 0) is 17.9 Å². The Kier molecular flexibility index (Phi) is 9.06. The number of anilines is 1. The van der Waals surface area contributed by atoms with Crippen molar-refractivity contribution in [3.8, 4) is 5.75 Å². The lowest BCUT2D eigenvalue weighted by Gasteiger charge is -2.34.